The van der Waals surface area contributed by atoms with Gasteiger partial charge in [-0.1, -0.05) is 0 Å². The molecule has 0 bridgehead atoms. The van der Waals surface area contributed by atoms with Crippen molar-refractivity contribution < 1.29 is 23.4 Å². The van der Waals surface area contributed by atoms with Gasteiger partial charge in [0.15, 0.2) is 5.25 Å². The monoisotopic (exact) mass is 239 g/mol. The van der Waals surface area contributed by atoms with E-state index in [0.717, 1.165) is 11.2 Å². The van der Waals surface area contributed by atoms with Crippen LogP contribution in [0.25, 0.3) is 0 Å². The van der Waals surface area contributed by atoms with E-state index in [1.165, 1.54) is 20.9 Å². The van der Waals surface area contributed by atoms with Gasteiger partial charge in [0.1, 0.15) is 0 Å². The van der Waals surface area contributed by atoms with Crippen molar-refractivity contribution in [3.63, 3.8) is 0 Å². The molecule has 0 saturated carbocycles. The molecule has 1 unspecified atom stereocenters. The molecule has 90 valence electrons. The van der Waals surface area contributed by atoms with Crippen molar-refractivity contribution in [2.45, 2.75) is 31.6 Å². The van der Waals surface area contributed by atoms with E-state index in [0.29, 0.717) is 0 Å². The van der Waals surface area contributed by atoms with Crippen LogP contribution in [0.4, 0.5) is 0 Å². The lowest BCUT2D eigenvalue weighted by Crippen LogP contribution is -2.51. The molecule has 0 rings (SSSR count). The quantitative estimate of drug-likeness (QED) is 0.674. The van der Waals surface area contributed by atoms with Crippen molar-refractivity contribution in [2.24, 2.45) is 0 Å². The van der Waals surface area contributed by atoms with Crippen LogP contribution in [0.15, 0.2) is 0 Å². The summed E-state index contributed by atoms with van der Waals surface area (Å²) in [5, 5.41) is 16.1. The van der Waals surface area contributed by atoms with E-state index >= 15 is 0 Å². The predicted octanol–water partition coefficient (Wildman–Crippen LogP) is -0.508. The first kappa shape index (κ1) is 14.3. The van der Waals surface area contributed by atoms with E-state index in [1.54, 1.807) is 0 Å². The highest BCUT2D eigenvalue weighted by molar-refractivity contribution is 7.90. The second-order valence-corrected chi connectivity index (χ2v) is 6.25. The highest BCUT2D eigenvalue weighted by atomic mass is 32.2. The summed E-state index contributed by atoms with van der Waals surface area (Å²) in [6.07, 6.45) is 0. The maximum absolute atomic E-state index is 11.7. The Kier molecular flexibility index (Phi) is 4.26. The lowest BCUT2D eigenvalue weighted by Gasteiger charge is -2.33. The molecule has 0 aromatic heterocycles. The van der Waals surface area contributed by atoms with Gasteiger partial charge in [-0.3, -0.25) is 4.79 Å². The van der Waals surface area contributed by atoms with Crippen LogP contribution in [0, 0.1) is 0 Å². The van der Waals surface area contributed by atoms with Crippen molar-refractivity contribution in [2.75, 3.05) is 13.7 Å². The van der Waals surface area contributed by atoms with Gasteiger partial charge in [-0.2, -0.15) is 4.31 Å². The predicted molar refractivity (Wildman–Crippen MR) is 54.9 cm³/mol. The Hall–Kier alpha value is -0.660. The number of carboxylic acids is 1. The van der Waals surface area contributed by atoms with Crippen LogP contribution < -0.4 is 0 Å². The average molecular weight is 239 g/mol. The van der Waals surface area contributed by atoms with E-state index in [4.69, 9.17) is 10.2 Å². The maximum Gasteiger partial charge on any atom is 0.323 e. The Bertz CT molecular complexity index is 335. The standard InChI is InChI=1S/C8H17NO5S/c1-6(7(11)12)15(13,14)9(4)8(2,3)5-10/h6,10H,5H2,1-4H3,(H,11,12). The number of aliphatic hydroxyl groups excluding tert-OH is 1. The molecule has 0 saturated heterocycles. The van der Waals surface area contributed by atoms with Crippen LogP contribution >= 0.6 is 0 Å². The number of aliphatic hydroxyl groups is 1. The average Bonchev–Trinajstić information content (AvgIpc) is 2.15. The van der Waals surface area contributed by atoms with Crippen molar-refractivity contribution in [1.29, 1.82) is 0 Å². The lowest BCUT2D eigenvalue weighted by atomic mass is 10.1. The van der Waals surface area contributed by atoms with Gasteiger partial charge in [0.05, 0.1) is 12.1 Å². The molecule has 2 N–H and O–H groups in total. The maximum atomic E-state index is 11.7. The van der Waals surface area contributed by atoms with E-state index in [9.17, 15) is 13.2 Å². The minimum absolute atomic E-state index is 0.380. The first-order valence-electron chi connectivity index (χ1n) is 4.39. The third-order valence-electron chi connectivity index (χ3n) is 2.42. The summed E-state index contributed by atoms with van der Waals surface area (Å²) in [5.41, 5.74) is -1.01. The topological polar surface area (TPSA) is 94.9 Å². The van der Waals surface area contributed by atoms with Crippen LogP contribution in [0.1, 0.15) is 20.8 Å². The Morgan fingerprint density at radius 3 is 2.13 bits per heavy atom. The van der Waals surface area contributed by atoms with E-state index in [-0.39, 0.29) is 6.61 Å². The Morgan fingerprint density at radius 2 is 1.87 bits per heavy atom. The molecular weight excluding hydrogens is 222 g/mol. The normalized spacial score (nSPS) is 15.3. The zero-order chi connectivity index (χ0) is 12.4. The molecule has 0 aliphatic rings. The molecule has 15 heavy (non-hydrogen) atoms. The number of likely N-dealkylation sites (N-methyl/N-ethyl adjacent to an activating group) is 1. The second kappa shape index (κ2) is 4.46. The molecule has 0 aliphatic carbocycles. The number of aliphatic carboxylic acids is 1. The molecule has 0 spiro atoms. The molecule has 0 aromatic rings. The minimum atomic E-state index is -3.93. The Balaban J connectivity index is 5.15. The lowest BCUT2D eigenvalue weighted by molar-refractivity contribution is -0.136. The van der Waals surface area contributed by atoms with Crippen LogP contribution in [0.3, 0.4) is 0 Å². The van der Waals surface area contributed by atoms with Gasteiger partial charge in [-0.25, -0.2) is 8.42 Å². The molecule has 0 radical (unpaired) electrons. The summed E-state index contributed by atoms with van der Waals surface area (Å²) in [5.74, 6) is -1.41. The number of hydrogen-bond donors (Lipinski definition) is 2. The number of rotatable bonds is 5. The molecule has 6 nitrogen and oxygen atoms in total. The molecule has 0 aromatic carbocycles. The van der Waals surface area contributed by atoms with Gasteiger partial charge in [0, 0.05) is 7.05 Å². The zero-order valence-electron chi connectivity index (χ0n) is 9.26. The van der Waals surface area contributed by atoms with Crippen molar-refractivity contribution >= 4 is 16.0 Å². The Labute approximate surface area is 89.6 Å². The van der Waals surface area contributed by atoms with Gasteiger partial charge < -0.3 is 10.2 Å². The zero-order valence-corrected chi connectivity index (χ0v) is 10.1. The number of sulfonamides is 1. The molecule has 1 atom stereocenters. The van der Waals surface area contributed by atoms with E-state index < -0.39 is 26.8 Å². The largest absolute Gasteiger partial charge is 0.480 e. The first-order chi connectivity index (χ1) is 6.57. The van der Waals surface area contributed by atoms with Crippen molar-refractivity contribution in [3.8, 4) is 0 Å². The molecule has 0 aliphatic heterocycles. The fourth-order valence-corrected chi connectivity index (χ4v) is 2.28. The van der Waals surface area contributed by atoms with Crippen molar-refractivity contribution in [1.82, 2.24) is 4.31 Å². The third kappa shape index (κ3) is 2.90. The van der Waals surface area contributed by atoms with Gasteiger partial charge in [-0.05, 0) is 20.8 Å². The summed E-state index contributed by atoms with van der Waals surface area (Å²) < 4.78 is 24.3. The van der Waals surface area contributed by atoms with Gasteiger partial charge in [-0.15, -0.1) is 0 Å². The molecule has 0 amide bonds. The Morgan fingerprint density at radius 1 is 1.47 bits per heavy atom. The summed E-state index contributed by atoms with van der Waals surface area (Å²) in [4.78, 5) is 10.6. The van der Waals surface area contributed by atoms with Crippen LogP contribution in [0.2, 0.25) is 0 Å². The molecule has 0 heterocycles. The third-order valence-corrected chi connectivity index (χ3v) is 4.77. The molecule has 7 heteroatoms. The highest BCUT2D eigenvalue weighted by Gasteiger charge is 2.38. The fourth-order valence-electron chi connectivity index (χ4n) is 0.809. The number of hydrogen-bond acceptors (Lipinski definition) is 4. The number of carbonyl (C=O) groups is 1. The van der Waals surface area contributed by atoms with Gasteiger partial charge in [0.25, 0.3) is 0 Å². The van der Waals surface area contributed by atoms with Crippen LogP contribution in [-0.2, 0) is 14.8 Å². The SMILES string of the molecule is CC(C(=O)O)S(=O)(=O)N(C)C(C)(C)CO. The number of nitrogens with zero attached hydrogens (tertiary/aromatic N) is 1. The number of carboxylic acid groups (broad SMARTS) is 1. The van der Waals surface area contributed by atoms with Crippen LogP contribution in [0.5, 0.6) is 0 Å². The van der Waals surface area contributed by atoms with E-state index in [1.807, 2.05) is 0 Å². The van der Waals surface area contributed by atoms with E-state index in [2.05, 4.69) is 0 Å². The fraction of sp³-hybridized carbons (Fsp3) is 0.875. The van der Waals surface area contributed by atoms with Gasteiger partial charge >= 0.3 is 5.97 Å². The highest BCUT2D eigenvalue weighted by Crippen LogP contribution is 2.19. The molecular formula is C8H17NO5S. The molecule has 0 fully saturated rings. The second-order valence-electron chi connectivity index (χ2n) is 3.96. The summed E-state index contributed by atoms with van der Waals surface area (Å²) in [6, 6.07) is 0. The first-order valence-corrected chi connectivity index (χ1v) is 5.89. The summed E-state index contributed by atoms with van der Waals surface area (Å²) >= 11 is 0. The smallest absolute Gasteiger partial charge is 0.323 e. The summed E-state index contributed by atoms with van der Waals surface area (Å²) in [7, 11) is -2.68. The van der Waals surface area contributed by atoms with Gasteiger partial charge in [0.2, 0.25) is 10.0 Å². The van der Waals surface area contributed by atoms with Crippen molar-refractivity contribution in [3.05, 3.63) is 0 Å². The minimum Gasteiger partial charge on any atom is -0.480 e. The summed E-state index contributed by atoms with van der Waals surface area (Å²) in [6.45, 7) is 3.74. The van der Waals surface area contributed by atoms with Crippen LogP contribution in [-0.4, -0.2) is 53.3 Å².